The highest BCUT2D eigenvalue weighted by Gasteiger charge is 2.23. The molecular weight excluding hydrogens is 368 g/mol. The van der Waals surface area contributed by atoms with Crippen molar-refractivity contribution in [3.63, 3.8) is 0 Å². The van der Waals surface area contributed by atoms with E-state index in [0.29, 0.717) is 25.1 Å². The number of carboxylic acids is 1. The van der Waals surface area contributed by atoms with Crippen LogP contribution in [0, 0.1) is 5.92 Å². The minimum atomic E-state index is -0.931. The number of hydrogen-bond acceptors (Lipinski definition) is 4. The fourth-order valence-electron chi connectivity index (χ4n) is 3.68. The molecule has 1 saturated heterocycles. The molecule has 0 bridgehead atoms. The standard InChI is InChI=1S/C22H36N4O3/c1-17(2)15-18(3)25-10-12-26(13-11-25)22(23-9-6-14-29-4)24-20-8-5-7-19(16-20)21(27)28/h5,7-8,16-18H,6,9-15H2,1-4H3,(H,23,24)(H,27,28)/t18-/m1/s1. The average Bonchev–Trinajstić information content (AvgIpc) is 2.70. The van der Waals surface area contributed by atoms with Gasteiger partial charge >= 0.3 is 5.97 Å². The molecule has 7 heteroatoms. The Labute approximate surface area is 174 Å². The molecule has 2 N–H and O–H groups in total. The summed E-state index contributed by atoms with van der Waals surface area (Å²) in [6.45, 7) is 12.0. The molecule has 1 aliphatic rings. The van der Waals surface area contributed by atoms with Crippen molar-refractivity contribution in [3.8, 4) is 0 Å². The topological polar surface area (TPSA) is 77.4 Å². The van der Waals surface area contributed by atoms with Gasteiger partial charge in [0.2, 0.25) is 0 Å². The summed E-state index contributed by atoms with van der Waals surface area (Å²) >= 11 is 0. The van der Waals surface area contributed by atoms with E-state index in [-0.39, 0.29) is 5.56 Å². The van der Waals surface area contributed by atoms with E-state index in [1.165, 1.54) is 6.42 Å². The van der Waals surface area contributed by atoms with E-state index in [1.54, 1.807) is 25.3 Å². The van der Waals surface area contributed by atoms with Crippen LogP contribution in [-0.2, 0) is 4.74 Å². The van der Waals surface area contributed by atoms with Gasteiger partial charge in [0.05, 0.1) is 5.56 Å². The Morgan fingerprint density at radius 1 is 1.24 bits per heavy atom. The largest absolute Gasteiger partial charge is 0.478 e. The number of guanidine groups is 1. The lowest BCUT2D eigenvalue weighted by Crippen LogP contribution is -2.53. The van der Waals surface area contributed by atoms with Crippen LogP contribution in [0.1, 0.15) is 44.0 Å². The first kappa shape index (κ1) is 23.2. The first-order chi connectivity index (χ1) is 13.9. The van der Waals surface area contributed by atoms with Crippen molar-refractivity contribution in [1.29, 1.82) is 0 Å². The van der Waals surface area contributed by atoms with E-state index in [4.69, 9.17) is 9.73 Å². The van der Waals surface area contributed by atoms with Gasteiger partial charge in [0.25, 0.3) is 0 Å². The maximum Gasteiger partial charge on any atom is 0.335 e. The van der Waals surface area contributed by atoms with E-state index in [9.17, 15) is 9.90 Å². The van der Waals surface area contributed by atoms with Crippen LogP contribution < -0.4 is 5.32 Å². The van der Waals surface area contributed by atoms with Gasteiger partial charge in [-0.05, 0) is 43.9 Å². The second kappa shape index (κ2) is 11.8. The summed E-state index contributed by atoms with van der Waals surface area (Å²) in [6, 6.07) is 7.45. The van der Waals surface area contributed by atoms with Gasteiger partial charge in [0.15, 0.2) is 5.96 Å². The molecule has 2 rings (SSSR count). The number of anilines is 1. The minimum absolute atomic E-state index is 0.265. The molecule has 0 aliphatic carbocycles. The molecule has 29 heavy (non-hydrogen) atoms. The molecule has 1 atom stereocenters. The Bertz CT molecular complexity index is 670. The molecule has 1 aromatic carbocycles. The van der Waals surface area contributed by atoms with Crippen molar-refractivity contribution in [3.05, 3.63) is 29.8 Å². The summed E-state index contributed by atoms with van der Waals surface area (Å²) in [5, 5.41) is 12.6. The Kier molecular flexibility index (Phi) is 9.41. The third-order valence-corrected chi connectivity index (χ3v) is 5.18. The van der Waals surface area contributed by atoms with Crippen LogP contribution in [0.15, 0.2) is 29.3 Å². The molecule has 7 nitrogen and oxygen atoms in total. The van der Waals surface area contributed by atoms with Gasteiger partial charge in [-0.25, -0.2) is 4.79 Å². The zero-order valence-corrected chi connectivity index (χ0v) is 18.2. The summed E-state index contributed by atoms with van der Waals surface area (Å²) < 4.78 is 5.13. The van der Waals surface area contributed by atoms with Crippen LogP contribution in [0.2, 0.25) is 0 Å². The molecule has 1 heterocycles. The average molecular weight is 405 g/mol. The van der Waals surface area contributed by atoms with Crippen LogP contribution in [0.5, 0.6) is 0 Å². The molecule has 1 aliphatic heterocycles. The van der Waals surface area contributed by atoms with Crippen LogP contribution in [0.4, 0.5) is 5.69 Å². The molecule has 0 saturated carbocycles. The zero-order chi connectivity index (χ0) is 21.2. The molecule has 0 unspecified atom stereocenters. The Hall–Kier alpha value is -2.12. The second-order valence-electron chi connectivity index (χ2n) is 8.06. The number of aliphatic imine (C=N–C) groups is 1. The predicted octanol–water partition coefficient (Wildman–Crippen LogP) is 3.24. The molecule has 0 radical (unpaired) electrons. The van der Waals surface area contributed by atoms with E-state index < -0.39 is 5.97 Å². The highest BCUT2D eigenvalue weighted by molar-refractivity contribution is 5.95. The summed E-state index contributed by atoms with van der Waals surface area (Å²) in [4.78, 5) is 20.8. The summed E-state index contributed by atoms with van der Waals surface area (Å²) in [5.74, 6) is 0.573. The van der Waals surface area contributed by atoms with Crippen LogP contribution in [0.25, 0.3) is 0 Å². The SMILES string of the molecule is COCCCN=C(Nc1cccc(C(=O)O)c1)N1CCN([C@H](C)CC(C)C)CC1. The van der Waals surface area contributed by atoms with E-state index >= 15 is 0 Å². The van der Waals surface area contributed by atoms with Gasteiger partial charge in [-0.1, -0.05) is 19.9 Å². The lowest BCUT2D eigenvalue weighted by molar-refractivity contribution is 0.0697. The van der Waals surface area contributed by atoms with Crippen molar-refractivity contribution >= 4 is 17.6 Å². The first-order valence-corrected chi connectivity index (χ1v) is 10.5. The van der Waals surface area contributed by atoms with Gasteiger partial charge in [-0.3, -0.25) is 9.89 Å². The summed E-state index contributed by atoms with van der Waals surface area (Å²) in [5.41, 5.74) is 1.01. The molecular formula is C22H36N4O3. The molecule has 1 fully saturated rings. The number of carboxylic acid groups (broad SMARTS) is 1. The summed E-state index contributed by atoms with van der Waals surface area (Å²) in [7, 11) is 1.69. The van der Waals surface area contributed by atoms with Gasteiger partial charge in [-0.2, -0.15) is 0 Å². The maximum absolute atomic E-state index is 11.3. The van der Waals surface area contributed by atoms with Crippen molar-refractivity contribution < 1.29 is 14.6 Å². The monoisotopic (exact) mass is 404 g/mol. The Morgan fingerprint density at radius 3 is 2.59 bits per heavy atom. The number of rotatable bonds is 9. The number of aromatic carboxylic acids is 1. The minimum Gasteiger partial charge on any atom is -0.478 e. The second-order valence-corrected chi connectivity index (χ2v) is 8.06. The summed E-state index contributed by atoms with van der Waals surface area (Å²) in [6.07, 6.45) is 2.06. The number of nitrogens with zero attached hydrogens (tertiary/aromatic N) is 3. The lowest BCUT2D eigenvalue weighted by Gasteiger charge is -2.40. The predicted molar refractivity (Wildman–Crippen MR) is 118 cm³/mol. The van der Waals surface area contributed by atoms with Crippen molar-refractivity contribution in [2.75, 3.05) is 51.8 Å². The number of ether oxygens (including phenoxy) is 1. The van der Waals surface area contributed by atoms with E-state index in [1.807, 2.05) is 6.07 Å². The quantitative estimate of drug-likeness (QED) is 0.374. The number of carbonyl (C=O) groups is 1. The first-order valence-electron chi connectivity index (χ1n) is 10.5. The molecule has 0 amide bonds. The van der Waals surface area contributed by atoms with Crippen molar-refractivity contribution in [2.45, 2.75) is 39.7 Å². The smallest absolute Gasteiger partial charge is 0.335 e. The molecule has 162 valence electrons. The van der Waals surface area contributed by atoms with Crippen molar-refractivity contribution in [1.82, 2.24) is 9.80 Å². The third kappa shape index (κ3) is 7.66. The van der Waals surface area contributed by atoms with E-state index in [2.05, 4.69) is 35.9 Å². The fraction of sp³-hybridized carbons (Fsp3) is 0.636. The number of benzene rings is 1. The van der Waals surface area contributed by atoms with E-state index in [0.717, 1.165) is 44.2 Å². The highest BCUT2D eigenvalue weighted by Crippen LogP contribution is 2.16. The number of piperazine rings is 1. The Balaban J connectivity index is 2.05. The zero-order valence-electron chi connectivity index (χ0n) is 18.2. The third-order valence-electron chi connectivity index (χ3n) is 5.18. The number of nitrogens with one attached hydrogen (secondary N) is 1. The fourth-order valence-corrected chi connectivity index (χ4v) is 3.68. The lowest BCUT2D eigenvalue weighted by atomic mass is 10.0. The van der Waals surface area contributed by atoms with Gasteiger partial charge in [-0.15, -0.1) is 0 Å². The molecule has 1 aromatic rings. The molecule has 0 spiro atoms. The molecule has 0 aromatic heterocycles. The maximum atomic E-state index is 11.3. The van der Waals surface area contributed by atoms with Crippen LogP contribution in [0.3, 0.4) is 0 Å². The van der Waals surface area contributed by atoms with Gasteiger partial charge in [0.1, 0.15) is 0 Å². The van der Waals surface area contributed by atoms with Gasteiger partial charge < -0.3 is 20.1 Å². The highest BCUT2D eigenvalue weighted by atomic mass is 16.5. The van der Waals surface area contributed by atoms with Crippen LogP contribution in [-0.4, -0.2) is 79.3 Å². The number of methoxy groups -OCH3 is 1. The van der Waals surface area contributed by atoms with Crippen molar-refractivity contribution in [2.24, 2.45) is 10.9 Å². The van der Waals surface area contributed by atoms with Crippen LogP contribution >= 0.6 is 0 Å². The van der Waals surface area contributed by atoms with Gasteiger partial charge in [0, 0.05) is 58.2 Å². The Morgan fingerprint density at radius 2 is 1.97 bits per heavy atom. The number of hydrogen-bond donors (Lipinski definition) is 2. The normalized spacial score (nSPS) is 16.9.